The lowest BCUT2D eigenvalue weighted by Gasteiger charge is -2.10. The molecule has 1 aromatic carbocycles. The lowest BCUT2D eigenvalue weighted by atomic mass is 10.2. The van der Waals surface area contributed by atoms with E-state index in [1.165, 1.54) is 12.8 Å². The lowest BCUT2D eigenvalue weighted by molar-refractivity contribution is 0.286. The first-order chi connectivity index (χ1) is 9.25. The van der Waals surface area contributed by atoms with Gasteiger partial charge in [0, 0.05) is 5.92 Å². The lowest BCUT2D eigenvalue weighted by Crippen LogP contribution is -2.12. The Morgan fingerprint density at radius 1 is 1.37 bits per heavy atom. The molecule has 0 bridgehead atoms. The van der Waals surface area contributed by atoms with Crippen molar-refractivity contribution in [3.8, 4) is 5.75 Å². The number of nitrogens with two attached hydrogens (primary N) is 1. The third kappa shape index (κ3) is 2.54. The first-order valence-corrected chi connectivity index (χ1v) is 6.63. The summed E-state index contributed by atoms with van der Waals surface area (Å²) >= 11 is 0. The quantitative estimate of drug-likeness (QED) is 0.892. The van der Waals surface area contributed by atoms with Crippen molar-refractivity contribution in [2.75, 3.05) is 12.3 Å². The predicted molar refractivity (Wildman–Crippen MR) is 73.1 cm³/mol. The molecule has 0 spiro atoms. The van der Waals surface area contributed by atoms with Gasteiger partial charge >= 0.3 is 0 Å². The van der Waals surface area contributed by atoms with Crippen LogP contribution in [-0.4, -0.2) is 21.6 Å². The van der Waals surface area contributed by atoms with Crippen molar-refractivity contribution < 1.29 is 4.74 Å². The predicted octanol–water partition coefficient (Wildman–Crippen LogP) is 2.13. The first kappa shape index (κ1) is 12.0. The van der Waals surface area contributed by atoms with Gasteiger partial charge in [-0.05, 0) is 31.4 Å². The number of aromatic nitrogens is 3. The van der Waals surface area contributed by atoms with Gasteiger partial charge in [-0.25, -0.2) is 4.68 Å². The molecule has 1 aliphatic carbocycles. The highest BCUT2D eigenvalue weighted by Gasteiger charge is 2.30. The molecule has 5 heteroatoms. The Morgan fingerprint density at radius 2 is 2.16 bits per heavy atom. The van der Waals surface area contributed by atoms with Crippen molar-refractivity contribution >= 4 is 5.82 Å². The molecule has 0 atom stereocenters. The summed E-state index contributed by atoms with van der Waals surface area (Å²) in [7, 11) is 0. The van der Waals surface area contributed by atoms with Crippen molar-refractivity contribution in [3.05, 3.63) is 35.5 Å². The Balaban J connectivity index is 1.62. The molecule has 19 heavy (non-hydrogen) atoms. The number of anilines is 1. The standard InChI is InChI=1S/C14H18N4O/c1-10-4-2-3-5-12(10)19-9-8-18-13(11-6-7-11)14(15)16-17-18/h2-5,11H,6-9,15H2,1H3. The number of aryl methyl sites for hydroxylation is 1. The second kappa shape index (κ2) is 4.91. The number of hydrogen-bond donors (Lipinski definition) is 1. The van der Waals surface area contributed by atoms with Crippen LogP contribution in [0.1, 0.15) is 30.0 Å². The molecule has 3 rings (SSSR count). The Bertz CT molecular complexity index is 575. The van der Waals surface area contributed by atoms with Crippen molar-refractivity contribution in [1.29, 1.82) is 0 Å². The van der Waals surface area contributed by atoms with Crippen LogP contribution in [-0.2, 0) is 6.54 Å². The molecule has 5 nitrogen and oxygen atoms in total. The number of ether oxygens (including phenoxy) is 1. The zero-order valence-corrected chi connectivity index (χ0v) is 11.0. The summed E-state index contributed by atoms with van der Waals surface area (Å²) in [5.74, 6) is 2.04. The maximum absolute atomic E-state index is 5.85. The fraction of sp³-hybridized carbons (Fsp3) is 0.429. The van der Waals surface area contributed by atoms with Crippen molar-refractivity contribution in [2.45, 2.75) is 32.2 Å². The number of rotatable bonds is 5. The molecule has 100 valence electrons. The molecule has 2 N–H and O–H groups in total. The van der Waals surface area contributed by atoms with E-state index in [0.29, 0.717) is 24.9 Å². The molecular formula is C14H18N4O. The van der Waals surface area contributed by atoms with Crippen LogP contribution in [0, 0.1) is 6.92 Å². The molecule has 0 unspecified atom stereocenters. The van der Waals surface area contributed by atoms with Crippen LogP contribution in [0.25, 0.3) is 0 Å². The van der Waals surface area contributed by atoms with Gasteiger partial charge in [-0.15, -0.1) is 5.10 Å². The van der Waals surface area contributed by atoms with E-state index in [9.17, 15) is 0 Å². The molecule has 0 amide bonds. The first-order valence-electron chi connectivity index (χ1n) is 6.63. The molecule has 1 heterocycles. The molecule has 1 aromatic heterocycles. The van der Waals surface area contributed by atoms with Gasteiger partial charge in [-0.1, -0.05) is 23.4 Å². The zero-order chi connectivity index (χ0) is 13.2. The van der Waals surface area contributed by atoms with Crippen molar-refractivity contribution in [3.63, 3.8) is 0 Å². The molecule has 1 aliphatic rings. The Labute approximate surface area is 112 Å². The van der Waals surface area contributed by atoms with Gasteiger partial charge in [-0.3, -0.25) is 0 Å². The summed E-state index contributed by atoms with van der Waals surface area (Å²) in [5.41, 5.74) is 8.07. The van der Waals surface area contributed by atoms with Gasteiger partial charge < -0.3 is 10.5 Å². The maximum atomic E-state index is 5.85. The second-order valence-electron chi connectivity index (χ2n) is 4.97. The zero-order valence-electron chi connectivity index (χ0n) is 11.0. The molecule has 0 radical (unpaired) electrons. The van der Waals surface area contributed by atoms with Crippen molar-refractivity contribution in [2.24, 2.45) is 0 Å². The van der Waals surface area contributed by atoms with Crippen LogP contribution in [0.4, 0.5) is 5.82 Å². The van der Waals surface area contributed by atoms with Gasteiger partial charge in [0.25, 0.3) is 0 Å². The molecule has 2 aromatic rings. The largest absolute Gasteiger partial charge is 0.491 e. The van der Waals surface area contributed by atoms with E-state index in [4.69, 9.17) is 10.5 Å². The van der Waals surface area contributed by atoms with E-state index in [-0.39, 0.29) is 0 Å². The van der Waals surface area contributed by atoms with Gasteiger partial charge in [0.1, 0.15) is 12.4 Å². The Kier molecular flexibility index (Phi) is 3.11. The Hall–Kier alpha value is -2.04. The van der Waals surface area contributed by atoms with Crippen molar-refractivity contribution in [1.82, 2.24) is 15.0 Å². The average Bonchev–Trinajstić information content (AvgIpc) is 3.17. The van der Waals surface area contributed by atoms with E-state index >= 15 is 0 Å². The maximum Gasteiger partial charge on any atom is 0.169 e. The van der Waals surface area contributed by atoms with E-state index in [1.807, 2.05) is 35.9 Å². The van der Waals surface area contributed by atoms with Crippen LogP contribution in [0.2, 0.25) is 0 Å². The van der Waals surface area contributed by atoms with Crippen LogP contribution < -0.4 is 10.5 Å². The fourth-order valence-corrected chi connectivity index (χ4v) is 2.24. The third-order valence-electron chi connectivity index (χ3n) is 3.42. The summed E-state index contributed by atoms with van der Waals surface area (Å²) in [4.78, 5) is 0. The minimum Gasteiger partial charge on any atom is -0.491 e. The topological polar surface area (TPSA) is 66.0 Å². The number of nitrogens with zero attached hydrogens (tertiary/aromatic N) is 3. The molecule has 1 saturated carbocycles. The van der Waals surface area contributed by atoms with E-state index < -0.39 is 0 Å². The van der Waals surface area contributed by atoms with Crippen LogP contribution in [0.15, 0.2) is 24.3 Å². The highest BCUT2D eigenvalue weighted by atomic mass is 16.5. The minimum absolute atomic E-state index is 0.550. The molecule has 1 fully saturated rings. The number of para-hydroxylation sites is 1. The third-order valence-corrected chi connectivity index (χ3v) is 3.42. The molecular weight excluding hydrogens is 240 g/mol. The van der Waals surface area contributed by atoms with Crippen LogP contribution >= 0.6 is 0 Å². The number of hydrogen-bond acceptors (Lipinski definition) is 4. The summed E-state index contributed by atoms with van der Waals surface area (Å²) in [6.45, 7) is 3.30. The smallest absolute Gasteiger partial charge is 0.169 e. The van der Waals surface area contributed by atoms with Crippen LogP contribution in [0.5, 0.6) is 5.75 Å². The normalized spacial score (nSPS) is 14.6. The highest BCUT2D eigenvalue weighted by Crippen LogP contribution is 2.41. The van der Waals surface area contributed by atoms with E-state index in [1.54, 1.807) is 0 Å². The summed E-state index contributed by atoms with van der Waals surface area (Å²) in [6, 6.07) is 8.00. The van der Waals surface area contributed by atoms with Crippen LogP contribution in [0.3, 0.4) is 0 Å². The molecule has 0 aliphatic heterocycles. The van der Waals surface area contributed by atoms with Gasteiger partial charge in [-0.2, -0.15) is 0 Å². The Morgan fingerprint density at radius 3 is 2.89 bits per heavy atom. The number of benzene rings is 1. The SMILES string of the molecule is Cc1ccccc1OCCn1nnc(N)c1C1CC1. The summed E-state index contributed by atoms with van der Waals surface area (Å²) in [5, 5.41) is 8.05. The van der Waals surface area contributed by atoms with E-state index in [0.717, 1.165) is 17.0 Å². The number of nitrogen functional groups attached to an aromatic ring is 1. The monoisotopic (exact) mass is 258 g/mol. The average molecular weight is 258 g/mol. The van der Waals surface area contributed by atoms with Gasteiger partial charge in [0.15, 0.2) is 5.82 Å². The highest BCUT2D eigenvalue weighted by molar-refractivity contribution is 5.38. The van der Waals surface area contributed by atoms with Gasteiger partial charge in [0.05, 0.1) is 12.2 Å². The molecule has 0 saturated heterocycles. The summed E-state index contributed by atoms with van der Waals surface area (Å²) in [6.07, 6.45) is 2.38. The van der Waals surface area contributed by atoms with Gasteiger partial charge in [0.2, 0.25) is 0 Å². The van der Waals surface area contributed by atoms with E-state index in [2.05, 4.69) is 10.3 Å². The fourth-order valence-electron chi connectivity index (χ4n) is 2.24. The second-order valence-corrected chi connectivity index (χ2v) is 4.97. The minimum atomic E-state index is 0.550. The summed E-state index contributed by atoms with van der Waals surface area (Å²) < 4.78 is 7.66.